The molecule has 0 fully saturated rings. The first-order valence-corrected chi connectivity index (χ1v) is 4.27. The smallest absolute Gasteiger partial charge is 0.224 e. The Morgan fingerprint density at radius 3 is 2.67 bits per heavy atom. The van der Waals surface area contributed by atoms with Gasteiger partial charge in [-0.2, -0.15) is 0 Å². The van der Waals surface area contributed by atoms with Crippen molar-refractivity contribution in [2.75, 3.05) is 13.1 Å². The molecule has 0 aromatic rings. The Bertz CT molecular complexity index is 139. The predicted molar refractivity (Wildman–Crippen MR) is 47.5 cm³/mol. The van der Waals surface area contributed by atoms with Crippen molar-refractivity contribution >= 4 is 5.91 Å². The van der Waals surface area contributed by atoms with Gasteiger partial charge in [0.2, 0.25) is 5.91 Å². The molecule has 0 saturated carbocycles. The fraction of sp³-hybridized carbons (Fsp3) is 0.875. The van der Waals surface area contributed by atoms with Crippen LogP contribution in [0.25, 0.3) is 0 Å². The molecule has 0 aliphatic rings. The average Bonchev–Trinajstić information content (AvgIpc) is 2.11. The molecule has 4 nitrogen and oxygen atoms in total. The zero-order valence-corrected chi connectivity index (χ0v) is 7.71. The maximum Gasteiger partial charge on any atom is 0.224 e. The SMILES string of the molecule is CCC(O)CNC(=O)C(C)CN. The molecule has 2 unspecified atom stereocenters. The van der Waals surface area contributed by atoms with E-state index in [0.29, 0.717) is 19.5 Å². The molecule has 0 aliphatic heterocycles. The Morgan fingerprint density at radius 1 is 1.67 bits per heavy atom. The second-order valence-corrected chi connectivity index (χ2v) is 2.94. The summed E-state index contributed by atoms with van der Waals surface area (Å²) in [5, 5.41) is 11.7. The number of aliphatic hydroxyl groups is 1. The van der Waals surface area contributed by atoms with Crippen LogP contribution in [0.15, 0.2) is 0 Å². The van der Waals surface area contributed by atoms with Crippen LogP contribution in [-0.4, -0.2) is 30.2 Å². The molecule has 0 saturated heterocycles. The van der Waals surface area contributed by atoms with Crippen molar-refractivity contribution in [1.29, 1.82) is 0 Å². The van der Waals surface area contributed by atoms with Gasteiger partial charge in [-0.25, -0.2) is 0 Å². The molecule has 12 heavy (non-hydrogen) atoms. The Labute approximate surface area is 73.1 Å². The highest BCUT2D eigenvalue weighted by molar-refractivity contribution is 5.78. The van der Waals surface area contributed by atoms with Crippen molar-refractivity contribution < 1.29 is 9.90 Å². The van der Waals surface area contributed by atoms with E-state index in [4.69, 9.17) is 10.8 Å². The van der Waals surface area contributed by atoms with Crippen LogP contribution >= 0.6 is 0 Å². The standard InChI is InChI=1S/C8H18N2O2/c1-3-7(11)5-10-8(12)6(2)4-9/h6-7,11H,3-5,9H2,1-2H3,(H,10,12). The fourth-order valence-corrected chi connectivity index (χ4v) is 0.644. The number of hydrogen-bond acceptors (Lipinski definition) is 3. The Morgan fingerprint density at radius 2 is 2.25 bits per heavy atom. The molecule has 72 valence electrons. The summed E-state index contributed by atoms with van der Waals surface area (Å²) in [6, 6.07) is 0. The number of carbonyl (C=O) groups is 1. The van der Waals surface area contributed by atoms with Crippen LogP contribution in [0.4, 0.5) is 0 Å². The molecule has 1 amide bonds. The van der Waals surface area contributed by atoms with Crippen molar-refractivity contribution in [3.05, 3.63) is 0 Å². The van der Waals surface area contributed by atoms with E-state index >= 15 is 0 Å². The van der Waals surface area contributed by atoms with Crippen LogP contribution in [0.3, 0.4) is 0 Å². The van der Waals surface area contributed by atoms with E-state index in [1.807, 2.05) is 6.92 Å². The monoisotopic (exact) mass is 174 g/mol. The molecule has 0 bridgehead atoms. The van der Waals surface area contributed by atoms with Crippen LogP contribution < -0.4 is 11.1 Å². The van der Waals surface area contributed by atoms with Crippen molar-refractivity contribution in [3.8, 4) is 0 Å². The van der Waals surface area contributed by atoms with Crippen LogP contribution in [0.5, 0.6) is 0 Å². The van der Waals surface area contributed by atoms with E-state index in [1.54, 1.807) is 6.92 Å². The number of carbonyl (C=O) groups excluding carboxylic acids is 1. The molecule has 0 aromatic carbocycles. The van der Waals surface area contributed by atoms with E-state index in [0.717, 1.165) is 0 Å². The molecular formula is C8H18N2O2. The van der Waals surface area contributed by atoms with Gasteiger partial charge in [0.05, 0.1) is 6.10 Å². The molecule has 0 aromatic heterocycles. The van der Waals surface area contributed by atoms with Gasteiger partial charge in [-0.05, 0) is 6.42 Å². The Balaban J connectivity index is 3.56. The number of amides is 1. The summed E-state index contributed by atoms with van der Waals surface area (Å²) in [4.78, 5) is 11.1. The van der Waals surface area contributed by atoms with Gasteiger partial charge in [0, 0.05) is 19.0 Å². The van der Waals surface area contributed by atoms with Crippen LogP contribution in [-0.2, 0) is 4.79 Å². The highest BCUT2D eigenvalue weighted by atomic mass is 16.3. The second kappa shape index (κ2) is 5.97. The average molecular weight is 174 g/mol. The fourth-order valence-electron chi connectivity index (χ4n) is 0.644. The summed E-state index contributed by atoms with van der Waals surface area (Å²) < 4.78 is 0. The van der Waals surface area contributed by atoms with E-state index in [-0.39, 0.29) is 11.8 Å². The minimum atomic E-state index is -0.445. The van der Waals surface area contributed by atoms with Gasteiger partial charge in [0.1, 0.15) is 0 Å². The summed E-state index contributed by atoms with van der Waals surface area (Å²) in [6.07, 6.45) is 0.205. The van der Waals surface area contributed by atoms with E-state index < -0.39 is 6.10 Å². The van der Waals surface area contributed by atoms with Crippen molar-refractivity contribution in [1.82, 2.24) is 5.32 Å². The first kappa shape index (κ1) is 11.4. The molecule has 2 atom stereocenters. The normalized spacial score (nSPS) is 15.3. The minimum Gasteiger partial charge on any atom is -0.391 e. The number of aliphatic hydroxyl groups excluding tert-OH is 1. The number of nitrogens with two attached hydrogens (primary N) is 1. The summed E-state index contributed by atoms with van der Waals surface area (Å²) in [5.41, 5.74) is 5.29. The second-order valence-electron chi connectivity index (χ2n) is 2.94. The Hall–Kier alpha value is -0.610. The minimum absolute atomic E-state index is 0.0926. The number of rotatable bonds is 5. The molecule has 4 N–H and O–H groups in total. The lowest BCUT2D eigenvalue weighted by atomic mass is 10.1. The summed E-state index contributed by atoms with van der Waals surface area (Å²) >= 11 is 0. The molecule has 0 aliphatic carbocycles. The molecule has 0 heterocycles. The third kappa shape index (κ3) is 4.31. The highest BCUT2D eigenvalue weighted by Gasteiger charge is 2.10. The quantitative estimate of drug-likeness (QED) is 0.524. The largest absolute Gasteiger partial charge is 0.391 e. The van der Waals surface area contributed by atoms with E-state index in [2.05, 4.69) is 5.32 Å². The van der Waals surface area contributed by atoms with Crippen LogP contribution in [0.1, 0.15) is 20.3 Å². The van der Waals surface area contributed by atoms with Gasteiger partial charge in [-0.15, -0.1) is 0 Å². The molecule has 0 spiro atoms. The van der Waals surface area contributed by atoms with Gasteiger partial charge < -0.3 is 16.2 Å². The van der Waals surface area contributed by atoms with Gasteiger partial charge >= 0.3 is 0 Å². The highest BCUT2D eigenvalue weighted by Crippen LogP contribution is 1.92. The Kier molecular flexibility index (Phi) is 5.66. The van der Waals surface area contributed by atoms with E-state index in [1.165, 1.54) is 0 Å². The van der Waals surface area contributed by atoms with E-state index in [9.17, 15) is 4.79 Å². The molecular weight excluding hydrogens is 156 g/mol. The zero-order chi connectivity index (χ0) is 9.56. The first-order chi connectivity index (χ1) is 5.61. The first-order valence-electron chi connectivity index (χ1n) is 4.27. The van der Waals surface area contributed by atoms with Gasteiger partial charge in [0.15, 0.2) is 0 Å². The van der Waals surface area contributed by atoms with Gasteiger partial charge in [-0.1, -0.05) is 13.8 Å². The van der Waals surface area contributed by atoms with Crippen LogP contribution in [0.2, 0.25) is 0 Å². The summed E-state index contributed by atoms with van der Waals surface area (Å²) in [6.45, 7) is 4.28. The molecule has 0 rings (SSSR count). The number of nitrogens with one attached hydrogen (secondary N) is 1. The predicted octanol–water partition coefficient (Wildman–Crippen LogP) is -0.532. The van der Waals surface area contributed by atoms with Gasteiger partial charge in [0.25, 0.3) is 0 Å². The maximum atomic E-state index is 11.1. The third-order valence-corrected chi connectivity index (χ3v) is 1.78. The number of hydrogen-bond donors (Lipinski definition) is 3. The lowest BCUT2D eigenvalue weighted by Gasteiger charge is -2.12. The third-order valence-electron chi connectivity index (χ3n) is 1.78. The lowest BCUT2D eigenvalue weighted by Crippen LogP contribution is -2.37. The zero-order valence-electron chi connectivity index (χ0n) is 7.71. The van der Waals surface area contributed by atoms with Crippen molar-refractivity contribution in [3.63, 3.8) is 0 Å². The maximum absolute atomic E-state index is 11.1. The summed E-state index contributed by atoms with van der Waals surface area (Å²) in [5.74, 6) is -0.265. The van der Waals surface area contributed by atoms with Crippen molar-refractivity contribution in [2.45, 2.75) is 26.4 Å². The topological polar surface area (TPSA) is 75.3 Å². The molecule has 0 radical (unpaired) electrons. The van der Waals surface area contributed by atoms with Crippen molar-refractivity contribution in [2.24, 2.45) is 11.7 Å². The van der Waals surface area contributed by atoms with Crippen LogP contribution in [0, 0.1) is 5.92 Å². The van der Waals surface area contributed by atoms with Gasteiger partial charge in [-0.3, -0.25) is 4.79 Å². The lowest BCUT2D eigenvalue weighted by molar-refractivity contribution is -0.124. The molecule has 4 heteroatoms. The summed E-state index contributed by atoms with van der Waals surface area (Å²) in [7, 11) is 0.